The molecule has 1 amide bonds. The Bertz CT molecular complexity index is 792. The number of hydrogen-bond acceptors (Lipinski definition) is 5. The smallest absolute Gasteiger partial charge is 0.261 e. The molecule has 2 aromatic heterocycles. The molecule has 4 nitrogen and oxygen atoms in total. The zero-order valence-electron chi connectivity index (χ0n) is 12.2. The van der Waals surface area contributed by atoms with Crippen LogP contribution < -0.4 is 10.6 Å². The minimum absolute atomic E-state index is 0. The first-order chi connectivity index (χ1) is 10.8. The van der Waals surface area contributed by atoms with E-state index in [1.54, 1.807) is 11.3 Å². The van der Waals surface area contributed by atoms with Gasteiger partial charge in [0, 0.05) is 25.6 Å². The van der Waals surface area contributed by atoms with E-state index in [2.05, 4.69) is 21.7 Å². The second kappa shape index (κ2) is 6.97. The van der Waals surface area contributed by atoms with Gasteiger partial charge in [-0.05, 0) is 24.3 Å². The van der Waals surface area contributed by atoms with Gasteiger partial charge in [0.1, 0.15) is 5.01 Å². The molecule has 0 saturated carbocycles. The molecule has 23 heavy (non-hydrogen) atoms. The first kappa shape index (κ1) is 16.4. The molecule has 120 valence electrons. The highest BCUT2D eigenvalue weighted by atomic mass is 35.5. The number of benzene rings is 1. The topological polar surface area (TPSA) is 54.0 Å². The van der Waals surface area contributed by atoms with Crippen molar-refractivity contribution >= 4 is 51.2 Å². The molecule has 0 radical (unpaired) electrons. The molecule has 7 heteroatoms. The zero-order valence-corrected chi connectivity index (χ0v) is 14.7. The van der Waals surface area contributed by atoms with E-state index in [1.807, 2.05) is 30.3 Å². The molecule has 0 unspecified atom stereocenters. The summed E-state index contributed by atoms with van der Waals surface area (Å²) < 4.78 is 1.18. The molecule has 1 aromatic carbocycles. The first-order valence-corrected chi connectivity index (χ1v) is 8.87. The van der Waals surface area contributed by atoms with E-state index in [4.69, 9.17) is 0 Å². The van der Waals surface area contributed by atoms with Gasteiger partial charge in [0.15, 0.2) is 0 Å². The minimum Gasteiger partial charge on any atom is -0.351 e. The fourth-order valence-corrected chi connectivity index (χ4v) is 4.31. The van der Waals surface area contributed by atoms with Crippen molar-refractivity contribution in [2.75, 3.05) is 19.6 Å². The Morgan fingerprint density at radius 1 is 1.22 bits per heavy atom. The van der Waals surface area contributed by atoms with Crippen molar-refractivity contribution in [1.29, 1.82) is 0 Å². The fraction of sp³-hybridized carbons (Fsp3) is 0.250. The number of rotatable bonds is 4. The Balaban J connectivity index is 0.00000156. The number of para-hydroxylation sites is 1. The van der Waals surface area contributed by atoms with Crippen LogP contribution in [-0.4, -0.2) is 30.5 Å². The summed E-state index contributed by atoms with van der Waals surface area (Å²) in [5.41, 5.74) is 1.01. The van der Waals surface area contributed by atoms with Gasteiger partial charge in [0.05, 0.1) is 20.0 Å². The number of thiophene rings is 1. The average Bonchev–Trinajstić information content (AvgIpc) is 3.12. The molecule has 2 N–H and O–H groups in total. The number of amides is 1. The number of aromatic nitrogens is 1. The van der Waals surface area contributed by atoms with Gasteiger partial charge in [-0.25, -0.2) is 4.98 Å². The number of hydrogen-bond donors (Lipinski definition) is 2. The predicted octanol–water partition coefficient (Wildman–Crippen LogP) is 3.40. The molecular weight excluding hydrogens is 350 g/mol. The predicted molar refractivity (Wildman–Crippen MR) is 98.9 cm³/mol. The summed E-state index contributed by atoms with van der Waals surface area (Å²) in [5, 5.41) is 7.19. The molecule has 0 aliphatic carbocycles. The molecule has 3 heterocycles. The number of carbonyl (C=O) groups excluding carboxylic acids is 1. The molecule has 3 aromatic rings. The molecule has 4 rings (SSSR count). The number of thiazole rings is 1. The van der Waals surface area contributed by atoms with Crippen LogP contribution in [0.25, 0.3) is 20.1 Å². The van der Waals surface area contributed by atoms with Crippen molar-refractivity contribution in [3.8, 4) is 9.88 Å². The van der Waals surface area contributed by atoms with Gasteiger partial charge >= 0.3 is 0 Å². The van der Waals surface area contributed by atoms with Gasteiger partial charge in [0.2, 0.25) is 0 Å². The fourth-order valence-electron chi connectivity index (χ4n) is 2.37. The van der Waals surface area contributed by atoms with Gasteiger partial charge in [0.25, 0.3) is 5.91 Å². The summed E-state index contributed by atoms with van der Waals surface area (Å²) in [4.78, 5) is 18.6. The van der Waals surface area contributed by atoms with Crippen molar-refractivity contribution in [1.82, 2.24) is 15.6 Å². The zero-order chi connectivity index (χ0) is 14.9. The van der Waals surface area contributed by atoms with E-state index in [9.17, 15) is 4.79 Å². The van der Waals surface area contributed by atoms with Crippen LogP contribution in [0.2, 0.25) is 0 Å². The van der Waals surface area contributed by atoms with Crippen molar-refractivity contribution in [3.05, 3.63) is 41.3 Å². The lowest BCUT2D eigenvalue weighted by Gasteiger charge is -2.26. The van der Waals surface area contributed by atoms with Gasteiger partial charge in [-0.3, -0.25) is 4.79 Å². The van der Waals surface area contributed by atoms with Gasteiger partial charge < -0.3 is 10.6 Å². The van der Waals surface area contributed by atoms with Crippen molar-refractivity contribution < 1.29 is 4.79 Å². The number of carbonyl (C=O) groups is 1. The maximum absolute atomic E-state index is 12.2. The quantitative estimate of drug-likeness (QED) is 0.745. The third-order valence-electron chi connectivity index (χ3n) is 3.75. The van der Waals surface area contributed by atoms with E-state index in [1.165, 1.54) is 16.0 Å². The van der Waals surface area contributed by atoms with Crippen molar-refractivity contribution in [2.24, 2.45) is 5.92 Å². The second-order valence-electron chi connectivity index (χ2n) is 5.38. The summed E-state index contributed by atoms with van der Waals surface area (Å²) in [6.45, 7) is 2.75. The van der Waals surface area contributed by atoms with Crippen molar-refractivity contribution in [3.63, 3.8) is 0 Å². The number of fused-ring (bicyclic) bond motifs is 1. The average molecular weight is 366 g/mol. The molecule has 0 spiro atoms. The minimum atomic E-state index is 0. The van der Waals surface area contributed by atoms with Crippen LogP contribution >= 0.6 is 35.1 Å². The molecule has 1 aliphatic rings. The molecule has 1 saturated heterocycles. The van der Waals surface area contributed by atoms with E-state index in [0.717, 1.165) is 39.9 Å². The number of nitrogens with one attached hydrogen (secondary N) is 2. The Morgan fingerprint density at radius 3 is 2.78 bits per heavy atom. The summed E-state index contributed by atoms with van der Waals surface area (Å²) >= 11 is 3.17. The second-order valence-corrected chi connectivity index (χ2v) is 7.50. The van der Waals surface area contributed by atoms with E-state index in [-0.39, 0.29) is 18.3 Å². The van der Waals surface area contributed by atoms with Crippen LogP contribution in [0.15, 0.2) is 36.4 Å². The summed E-state index contributed by atoms with van der Waals surface area (Å²) in [6, 6.07) is 12.0. The van der Waals surface area contributed by atoms with Gasteiger partial charge in [-0.2, -0.15) is 0 Å². The lowest BCUT2D eigenvalue weighted by Crippen LogP contribution is -2.48. The molecule has 1 fully saturated rings. The van der Waals surface area contributed by atoms with Crippen LogP contribution in [0.5, 0.6) is 0 Å². The highest BCUT2D eigenvalue weighted by Gasteiger charge is 2.18. The first-order valence-electron chi connectivity index (χ1n) is 7.24. The standard InChI is InChI=1S/C16H15N3OS2.ClH/c20-15(18-9-10-7-17-8-10)13-5-6-14(21-13)16-19-11-3-1-2-4-12(11)22-16;/h1-6,10,17H,7-9H2,(H,18,20);1H. The van der Waals surface area contributed by atoms with Crippen molar-refractivity contribution in [2.45, 2.75) is 0 Å². The van der Waals surface area contributed by atoms with E-state index >= 15 is 0 Å². The third kappa shape index (κ3) is 3.40. The Hall–Kier alpha value is -1.47. The van der Waals surface area contributed by atoms with E-state index in [0.29, 0.717) is 5.92 Å². The molecule has 0 atom stereocenters. The summed E-state index contributed by atoms with van der Waals surface area (Å²) in [7, 11) is 0. The Labute approximate surface area is 148 Å². The summed E-state index contributed by atoms with van der Waals surface area (Å²) in [5.74, 6) is 0.594. The molecular formula is C16H16ClN3OS2. The highest BCUT2D eigenvalue weighted by Crippen LogP contribution is 2.34. The maximum Gasteiger partial charge on any atom is 0.261 e. The largest absolute Gasteiger partial charge is 0.351 e. The van der Waals surface area contributed by atoms with Crippen LogP contribution in [0.4, 0.5) is 0 Å². The SMILES string of the molecule is Cl.O=C(NCC1CNC1)c1ccc(-c2nc3ccccc3s2)s1. The molecule has 0 bridgehead atoms. The monoisotopic (exact) mass is 365 g/mol. The lowest BCUT2D eigenvalue weighted by molar-refractivity contribution is 0.0946. The van der Waals surface area contributed by atoms with Gasteiger partial charge in [-0.1, -0.05) is 12.1 Å². The summed E-state index contributed by atoms with van der Waals surface area (Å²) in [6.07, 6.45) is 0. The lowest BCUT2D eigenvalue weighted by atomic mass is 10.0. The Kier molecular flexibility index (Phi) is 4.96. The van der Waals surface area contributed by atoms with Crippen LogP contribution in [0.3, 0.4) is 0 Å². The number of halogens is 1. The van der Waals surface area contributed by atoms with Crippen LogP contribution in [0, 0.1) is 5.92 Å². The third-order valence-corrected chi connectivity index (χ3v) is 6.04. The van der Waals surface area contributed by atoms with Crippen LogP contribution in [-0.2, 0) is 0 Å². The Morgan fingerprint density at radius 2 is 2.04 bits per heavy atom. The maximum atomic E-state index is 12.2. The van der Waals surface area contributed by atoms with Crippen LogP contribution in [0.1, 0.15) is 9.67 Å². The normalized spacial score (nSPS) is 14.3. The number of nitrogens with zero attached hydrogens (tertiary/aromatic N) is 1. The highest BCUT2D eigenvalue weighted by molar-refractivity contribution is 7.26. The van der Waals surface area contributed by atoms with E-state index < -0.39 is 0 Å². The van der Waals surface area contributed by atoms with Gasteiger partial charge in [-0.15, -0.1) is 35.1 Å². The molecule has 1 aliphatic heterocycles.